The lowest BCUT2D eigenvalue weighted by atomic mass is 10.3. The Morgan fingerprint density at radius 3 is 2.45 bits per heavy atom. The summed E-state index contributed by atoms with van der Waals surface area (Å²) in [5.74, 6) is -1.53. The van der Waals surface area contributed by atoms with E-state index in [9.17, 15) is 26.4 Å². The number of halogens is 3. The molecule has 0 fully saturated rings. The summed E-state index contributed by atoms with van der Waals surface area (Å²) < 4.78 is 60.7. The Bertz CT molecular complexity index is 608. The van der Waals surface area contributed by atoms with Crippen molar-refractivity contribution < 1.29 is 31.5 Å². The molecule has 0 saturated carbocycles. The van der Waals surface area contributed by atoms with Crippen molar-refractivity contribution in [1.29, 1.82) is 0 Å². The van der Waals surface area contributed by atoms with E-state index in [1.165, 1.54) is 6.92 Å². The van der Waals surface area contributed by atoms with E-state index in [2.05, 4.69) is 10.2 Å². The van der Waals surface area contributed by atoms with Gasteiger partial charge in [0.05, 0.1) is 6.42 Å². The Morgan fingerprint density at radius 2 is 2.00 bits per heavy atom. The van der Waals surface area contributed by atoms with Gasteiger partial charge in [-0.05, 0) is 6.92 Å². The van der Waals surface area contributed by atoms with Crippen molar-refractivity contribution in [3.8, 4) is 0 Å². The number of carbonyl (C=O) groups is 1. The fraction of sp³-hybridized carbons (Fsp3) is 0.556. The first-order chi connectivity index (χ1) is 8.97. The molecule has 1 rings (SSSR count). The monoisotopic (exact) mass is 315 g/mol. The van der Waals surface area contributed by atoms with Gasteiger partial charge >= 0.3 is 12.1 Å². The quantitative estimate of drug-likeness (QED) is 0.843. The molecule has 20 heavy (non-hydrogen) atoms. The van der Waals surface area contributed by atoms with E-state index in [-0.39, 0.29) is 5.69 Å². The van der Waals surface area contributed by atoms with Gasteiger partial charge in [-0.25, -0.2) is 13.2 Å². The van der Waals surface area contributed by atoms with Crippen LogP contribution in [0.5, 0.6) is 0 Å². The van der Waals surface area contributed by atoms with E-state index in [4.69, 9.17) is 5.11 Å². The van der Waals surface area contributed by atoms with Crippen molar-refractivity contribution in [2.24, 2.45) is 0 Å². The number of rotatable bonds is 5. The number of aromatic nitrogens is 2. The molecule has 2 N–H and O–H groups in total. The number of carboxylic acids is 1. The van der Waals surface area contributed by atoms with Crippen LogP contribution in [-0.2, 0) is 10.0 Å². The number of hydrogen-bond acceptors (Lipinski definition) is 4. The van der Waals surface area contributed by atoms with Crippen LogP contribution in [0, 0.1) is 6.92 Å². The fourth-order valence-electron chi connectivity index (χ4n) is 1.40. The molecule has 114 valence electrons. The summed E-state index contributed by atoms with van der Waals surface area (Å²) >= 11 is 0. The van der Waals surface area contributed by atoms with Gasteiger partial charge in [-0.3, -0.25) is 5.10 Å². The Labute approximate surface area is 112 Å². The van der Waals surface area contributed by atoms with Gasteiger partial charge in [0, 0.05) is 19.3 Å². The van der Waals surface area contributed by atoms with Crippen LogP contribution in [0.25, 0.3) is 0 Å². The summed E-state index contributed by atoms with van der Waals surface area (Å²) in [7, 11) is -3.48. The minimum atomic E-state index is -4.51. The van der Waals surface area contributed by atoms with E-state index in [0.29, 0.717) is 4.31 Å². The summed E-state index contributed by atoms with van der Waals surface area (Å²) in [6, 6.07) is 0. The van der Waals surface area contributed by atoms with Gasteiger partial charge in [-0.1, -0.05) is 0 Å². The lowest BCUT2D eigenvalue weighted by Crippen LogP contribution is -2.31. The molecule has 0 amide bonds. The van der Waals surface area contributed by atoms with Crippen LogP contribution in [-0.4, -0.2) is 53.8 Å². The van der Waals surface area contributed by atoms with E-state index in [1.54, 1.807) is 0 Å². The van der Waals surface area contributed by atoms with Crippen molar-refractivity contribution in [3.63, 3.8) is 0 Å². The molecule has 0 spiro atoms. The number of nitrogens with zero attached hydrogens (tertiary/aromatic N) is 2. The third-order valence-electron chi connectivity index (χ3n) is 2.49. The molecule has 1 aromatic heterocycles. The number of alkyl halides is 3. The van der Waals surface area contributed by atoms with E-state index < -0.39 is 45.7 Å². The number of aryl methyl sites for hydroxylation is 1. The number of aromatic carboxylic acids is 1. The second-order valence-corrected chi connectivity index (χ2v) is 5.99. The standard InChI is InChI=1S/C9H12F3N3O4S/c1-5-6(8(16)17)7(14-13-5)20(18,19)15(2)4-3-9(10,11)12/h3-4H2,1-2H3,(H,13,14)(H,16,17). The summed E-state index contributed by atoms with van der Waals surface area (Å²) in [6.07, 6.45) is -5.85. The largest absolute Gasteiger partial charge is 0.478 e. The predicted molar refractivity (Wildman–Crippen MR) is 60.8 cm³/mol. The van der Waals surface area contributed by atoms with Gasteiger partial charge in [0.25, 0.3) is 10.0 Å². The first-order valence-electron chi connectivity index (χ1n) is 5.28. The van der Waals surface area contributed by atoms with E-state index in [0.717, 1.165) is 7.05 Å². The molecule has 0 saturated heterocycles. The summed E-state index contributed by atoms with van der Waals surface area (Å²) in [4.78, 5) is 11.0. The first kappa shape index (κ1) is 16.4. The third-order valence-corrected chi connectivity index (χ3v) is 4.28. The molecule has 1 aromatic rings. The maximum atomic E-state index is 12.1. The highest BCUT2D eigenvalue weighted by Crippen LogP contribution is 2.23. The average Bonchev–Trinajstić information content (AvgIpc) is 2.67. The second-order valence-electron chi connectivity index (χ2n) is 4.03. The second kappa shape index (κ2) is 5.40. The molecule has 7 nitrogen and oxygen atoms in total. The number of nitrogens with one attached hydrogen (secondary N) is 1. The zero-order valence-corrected chi connectivity index (χ0v) is 11.3. The van der Waals surface area contributed by atoms with Crippen LogP contribution in [0.3, 0.4) is 0 Å². The zero-order valence-electron chi connectivity index (χ0n) is 10.5. The fourth-order valence-corrected chi connectivity index (χ4v) is 2.68. The number of aromatic amines is 1. The molecule has 0 radical (unpaired) electrons. The molecule has 0 bridgehead atoms. The van der Waals surface area contributed by atoms with Gasteiger partial charge in [-0.15, -0.1) is 0 Å². The normalized spacial score (nSPS) is 12.9. The van der Waals surface area contributed by atoms with Crippen LogP contribution >= 0.6 is 0 Å². The minimum Gasteiger partial charge on any atom is -0.478 e. The average molecular weight is 315 g/mol. The number of hydrogen-bond donors (Lipinski definition) is 2. The zero-order chi connectivity index (χ0) is 15.7. The maximum Gasteiger partial charge on any atom is 0.390 e. The Balaban J connectivity index is 3.08. The Kier molecular flexibility index (Phi) is 4.44. The molecular weight excluding hydrogens is 303 g/mol. The summed E-state index contributed by atoms with van der Waals surface area (Å²) in [6.45, 7) is 0.474. The van der Waals surface area contributed by atoms with Gasteiger partial charge in [0.1, 0.15) is 5.56 Å². The molecule has 0 atom stereocenters. The number of carboxylic acid groups (broad SMARTS) is 1. The predicted octanol–water partition coefficient (Wildman–Crippen LogP) is 0.989. The van der Waals surface area contributed by atoms with Crippen LogP contribution in [0.4, 0.5) is 13.2 Å². The summed E-state index contributed by atoms with van der Waals surface area (Å²) in [5.41, 5.74) is -0.579. The number of sulfonamides is 1. The molecule has 11 heteroatoms. The van der Waals surface area contributed by atoms with Crippen LogP contribution in [0.2, 0.25) is 0 Å². The third kappa shape index (κ3) is 3.48. The Hall–Kier alpha value is -1.62. The molecule has 0 aliphatic carbocycles. The van der Waals surface area contributed by atoms with Crippen molar-refractivity contribution in [2.75, 3.05) is 13.6 Å². The highest BCUT2D eigenvalue weighted by atomic mass is 32.2. The lowest BCUT2D eigenvalue weighted by Gasteiger charge is -2.16. The molecule has 0 unspecified atom stereocenters. The first-order valence-corrected chi connectivity index (χ1v) is 6.72. The minimum absolute atomic E-state index is 0.000274. The van der Waals surface area contributed by atoms with Gasteiger partial charge in [0.15, 0.2) is 0 Å². The SMILES string of the molecule is Cc1[nH]nc(S(=O)(=O)N(C)CCC(F)(F)F)c1C(=O)O. The van der Waals surface area contributed by atoms with Crippen molar-refractivity contribution >= 4 is 16.0 Å². The van der Waals surface area contributed by atoms with Crippen molar-refractivity contribution in [1.82, 2.24) is 14.5 Å². The highest BCUT2D eigenvalue weighted by molar-refractivity contribution is 7.89. The molecule has 0 aliphatic heterocycles. The maximum absolute atomic E-state index is 12.1. The Morgan fingerprint density at radius 1 is 1.45 bits per heavy atom. The van der Waals surface area contributed by atoms with Gasteiger partial charge in [0.2, 0.25) is 5.03 Å². The van der Waals surface area contributed by atoms with Crippen LogP contribution in [0.15, 0.2) is 5.03 Å². The molecule has 0 aliphatic rings. The smallest absolute Gasteiger partial charge is 0.390 e. The molecule has 0 aromatic carbocycles. The van der Waals surface area contributed by atoms with Crippen molar-refractivity contribution in [3.05, 3.63) is 11.3 Å². The molecule has 1 heterocycles. The topological polar surface area (TPSA) is 103 Å². The molecular formula is C9H12F3N3O4S. The van der Waals surface area contributed by atoms with E-state index in [1.807, 2.05) is 0 Å². The van der Waals surface area contributed by atoms with Gasteiger partial charge < -0.3 is 5.11 Å². The number of H-pyrrole nitrogens is 1. The van der Waals surface area contributed by atoms with Crippen LogP contribution in [0.1, 0.15) is 22.5 Å². The lowest BCUT2D eigenvalue weighted by molar-refractivity contribution is -0.135. The highest BCUT2D eigenvalue weighted by Gasteiger charge is 2.34. The summed E-state index contributed by atoms with van der Waals surface area (Å²) in [5, 5.41) is 13.7. The van der Waals surface area contributed by atoms with Crippen molar-refractivity contribution in [2.45, 2.75) is 24.5 Å². The van der Waals surface area contributed by atoms with Gasteiger partial charge in [-0.2, -0.15) is 22.6 Å². The van der Waals surface area contributed by atoms with Crippen LogP contribution < -0.4 is 0 Å². The van der Waals surface area contributed by atoms with E-state index >= 15 is 0 Å².